The number of thiocarbonyl (C=S) groups is 1. The van der Waals surface area contributed by atoms with Crippen LogP contribution in [-0.4, -0.2) is 46.6 Å². The van der Waals surface area contributed by atoms with E-state index in [2.05, 4.69) is 10.3 Å². The molecule has 1 N–H and O–H groups in total. The SMILES string of the molecule is CCOCCCN1C(=O)/C(=C\c2csc(N(C(C)=O)c3cccc(Cl)c3)n2)NC1=S. The predicted molar refractivity (Wildman–Crippen MR) is 123 cm³/mol. The van der Waals surface area contributed by atoms with Gasteiger partial charge in [-0.2, -0.15) is 0 Å². The molecule has 7 nitrogen and oxygen atoms in total. The van der Waals surface area contributed by atoms with Gasteiger partial charge in [-0.25, -0.2) is 4.98 Å². The normalized spacial score (nSPS) is 15.0. The van der Waals surface area contributed by atoms with Crippen molar-refractivity contribution in [2.75, 3.05) is 24.7 Å². The minimum absolute atomic E-state index is 0.192. The number of aromatic nitrogens is 1. The molecule has 158 valence electrons. The second kappa shape index (κ2) is 10.1. The fourth-order valence-electron chi connectivity index (χ4n) is 2.88. The average Bonchev–Trinajstić information content (AvgIpc) is 3.24. The van der Waals surface area contributed by atoms with E-state index in [0.717, 1.165) is 0 Å². The third-order valence-electron chi connectivity index (χ3n) is 4.21. The van der Waals surface area contributed by atoms with E-state index < -0.39 is 0 Å². The van der Waals surface area contributed by atoms with Gasteiger partial charge in [0.15, 0.2) is 10.2 Å². The topological polar surface area (TPSA) is 74.8 Å². The molecule has 2 aromatic rings. The van der Waals surface area contributed by atoms with E-state index in [1.165, 1.54) is 28.1 Å². The molecule has 2 heterocycles. The summed E-state index contributed by atoms with van der Waals surface area (Å²) in [5.74, 6) is -0.396. The number of carbonyl (C=O) groups is 2. The van der Waals surface area contributed by atoms with Crippen LogP contribution >= 0.6 is 35.2 Å². The zero-order chi connectivity index (χ0) is 21.7. The van der Waals surface area contributed by atoms with Crippen molar-refractivity contribution in [3.8, 4) is 0 Å². The van der Waals surface area contributed by atoms with Crippen molar-refractivity contribution in [1.82, 2.24) is 15.2 Å². The molecular weight excluding hydrogens is 444 g/mol. The number of benzene rings is 1. The van der Waals surface area contributed by atoms with E-state index in [9.17, 15) is 9.59 Å². The van der Waals surface area contributed by atoms with Gasteiger partial charge in [0.1, 0.15) is 5.70 Å². The molecule has 3 rings (SSSR count). The second-order valence-electron chi connectivity index (χ2n) is 6.38. The summed E-state index contributed by atoms with van der Waals surface area (Å²) in [4.78, 5) is 32.4. The summed E-state index contributed by atoms with van der Waals surface area (Å²) in [6.45, 7) is 5.08. The molecule has 1 aromatic carbocycles. The van der Waals surface area contributed by atoms with Crippen LogP contribution in [0.5, 0.6) is 0 Å². The molecular formula is C20H21ClN4O3S2. The first-order chi connectivity index (χ1) is 14.4. The molecule has 1 fully saturated rings. The summed E-state index contributed by atoms with van der Waals surface area (Å²) < 4.78 is 5.31. The third kappa shape index (κ3) is 5.23. The molecule has 0 radical (unpaired) electrons. The van der Waals surface area contributed by atoms with Crippen LogP contribution in [0.2, 0.25) is 5.02 Å². The van der Waals surface area contributed by atoms with E-state index in [1.807, 2.05) is 6.92 Å². The summed E-state index contributed by atoms with van der Waals surface area (Å²) in [6.07, 6.45) is 2.33. The Balaban J connectivity index is 1.77. The minimum atomic E-state index is -0.204. The number of anilines is 2. The van der Waals surface area contributed by atoms with Crippen LogP contribution in [0.1, 0.15) is 26.0 Å². The molecule has 1 saturated heterocycles. The summed E-state index contributed by atoms with van der Waals surface area (Å²) in [6, 6.07) is 6.99. The Labute approximate surface area is 189 Å². The van der Waals surface area contributed by atoms with Crippen LogP contribution < -0.4 is 10.2 Å². The Hall–Kier alpha value is -2.33. The number of nitrogens with one attached hydrogen (secondary N) is 1. The number of hydrogen-bond donors (Lipinski definition) is 1. The maximum absolute atomic E-state index is 12.7. The van der Waals surface area contributed by atoms with Crippen LogP contribution in [-0.2, 0) is 14.3 Å². The summed E-state index contributed by atoms with van der Waals surface area (Å²) in [5.41, 5.74) is 1.53. The molecule has 1 aromatic heterocycles. The fraction of sp³-hybridized carbons (Fsp3) is 0.300. The number of rotatable bonds is 8. The summed E-state index contributed by atoms with van der Waals surface area (Å²) >= 11 is 12.6. The molecule has 0 unspecified atom stereocenters. The lowest BCUT2D eigenvalue weighted by Crippen LogP contribution is -2.32. The Morgan fingerprint density at radius 1 is 1.47 bits per heavy atom. The molecule has 0 aliphatic carbocycles. The average molecular weight is 465 g/mol. The molecule has 0 bridgehead atoms. The highest BCUT2D eigenvalue weighted by Gasteiger charge is 2.30. The highest BCUT2D eigenvalue weighted by Crippen LogP contribution is 2.31. The number of nitrogens with zero attached hydrogens (tertiary/aromatic N) is 3. The minimum Gasteiger partial charge on any atom is -0.382 e. The van der Waals surface area contributed by atoms with Crippen LogP contribution in [0.4, 0.5) is 10.8 Å². The maximum Gasteiger partial charge on any atom is 0.276 e. The highest BCUT2D eigenvalue weighted by molar-refractivity contribution is 7.80. The van der Waals surface area contributed by atoms with E-state index in [1.54, 1.807) is 35.7 Å². The number of halogens is 1. The van der Waals surface area contributed by atoms with Crippen molar-refractivity contribution < 1.29 is 14.3 Å². The van der Waals surface area contributed by atoms with Crippen molar-refractivity contribution in [1.29, 1.82) is 0 Å². The van der Waals surface area contributed by atoms with Gasteiger partial charge in [0, 0.05) is 37.1 Å². The van der Waals surface area contributed by atoms with Crippen molar-refractivity contribution in [2.24, 2.45) is 0 Å². The van der Waals surface area contributed by atoms with Crippen LogP contribution in [0.25, 0.3) is 6.08 Å². The molecule has 2 amide bonds. The number of hydrogen-bond acceptors (Lipinski definition) is 6. The summed E-state index contributed by atoms with van der Waals surface area (Å²) in [5, 5.41) is 6.09. The molecule has 1 aliphatic heterocycles. The molecule has 30 heavy (non-hydrogen) atoms. The number of amides is 2. The van der Waals surface area contributed by atoms with Crippen molar-refractivity contribution >= 4 is 69.0 Å². The van der Waals surface area contributed by atoms with Gasteiger partial charge in [0.05, 0.1) is 11.4 Å². The Morgan fingerprint density at radius 3 is 2.97 bits per heavy atom. The van der Waals surface area contributed by atoms with Gasteiger partial charge in [-0.3, -0.25) is 19.4 Å². The highest BCUT2D eigenvalue weighted by atomic mass is 35.5. The van der Waals surface area contributed by atoms with Crippen molar-refractivity contribution in [3.63, 3.8) is 0 Å². The van der Waals surface area contributed by atoms with E-state index in [-0.39, 0.29) is 11.8 Å². The first-order valence-electron chi connectivity index (χ1n) is 9.34. The smallest absolute Gasteiger partial charge is 0.276 e. The maximum atomic E-state index is 12.7. The largest absolute Gasteiger partial charge is 0.382 e. The Morgan fingerprint density at radius 2 is 2.27 bits per heavy atom. The van der Waals surface area contributed by atoms with Crippen molar-refractivity contribution in [2.45, 2.75) is 20.3 Å². The van der Waals surface area contributed by atoms with Gasteiger partial charge in [-0.05, 0) is 49.8 Å². The zero-order valence-corrected chi connectivity index (χ0v) is 18.9. The van der Waals surface area contributed by atoms with E-state index in [4.69, 9.17) is 28.6 Å². The lowest BCUT2D eigenvalue weighted by atomic mass is 10.3. The third-order valence-corrected chi connectivity index (χ3v) is 5.61. The molecule has 1 aliphatic rings. The van der Waals surface area contributed by atoms with Gasteiger partial charge in [-0.15, -0.1) is 11.3 Å². The Kier molecular flexibility index (Phi) is 7.54. The van der Waals surface area contributed by atoms with Gasteiger partial charge < -0.3 is 10.1 Å². The molecule has 0 spiro atoms. The predicted octanol–water partition coefficient (Wildman–Crippen LogP) is 3.97. The molecule has 10 heteroatoms. The van der Waals surface area contributed by atoms with Gasteiger partial charge in [-0.1, -0.05) is 17.7 Å². The first-order valence-corrected chi connectivity index (χ1v) is 11.0. The monoisotopic (exact) mass is 464 g/mol. The number of carbonyl (C=O) groups excluding carboxylic acids is 2. The Bertz CT molecular complexity index is 992. The standard InChI is InChI=1S/C20H21ClN4O3S2/c1-3-28-9-5-8-24-18(27)17(23-19(24)29)11-15-12-30-20(22-15)25(13(2)26)16-7-4-6-14(21)10-16/h4,6-7,10-12H,3,5,8-9H2,1-2H3,(H,23,29)/b17-11+. The lowest BCUT2D eigenvalue weighted by Gasteiger charge is -2.18. The quantitative estimate of drug-likeness (QED) is 0.362. The van der Waals surface area contributed by atoms with E-state index >= 15 is 0 Å². The van der Waals surface area contributed by atoms with Crippen LogP contribution in [0, 0.1) is 0 Å². The van der Waals surface area contributed by atoms with Crippen molar-refractivity contribution in [3.05, 3.63) is 46.1 Å². The van der Waals surface area contributed by atoms with Crippen LogP contribution in [0.15, 0.2) is 35.3 Å². The summed E-state index contributed by atoms with van der Waals surface area (Å²) in [7, 11) is 0. The zero-order valence-electron chi connectivity index (χ0n) is 16.6. The fourth-order valence-corrected chi connectivity index (χ4v) is 4.19. The molecule has 0 saturated carbocycles. The molecule has 0 atom stereocenters. The van der Waals surface area contributed by atoms with Crippen LogP contribution in [0.3, 0.4) is 0 Å². The first kappa shape index (κ1) is 22.4. The van der Waals surface area contributed by atoms with E-state index in [0.29, 0.717) is 58.5 Å². The number of thiazole rings is 1. The van der Waals surface area contributed by atoms with Gasteiger partial charge in [0.25, 0.3) is 5.91 Å². The van der Waals surface area contributed by atoms with Gasteiger partial charge in [0.2, 0.25) is 5.91 Å². The lowest BCUT2D eigenvalue weighted by molar-refractivity contribution is -0.122. The second-order valence-corrected chi connectivity index (χ2v) is 8.04. The van der Waals surface area contributed by atoms with Gasteiger partial charge >= 0.3 is 0 Å². The number of ether oxygens (including phenoxy) is 1.